The molecule has 4 aliphatic rings. The topological polar surface area (TPSA) is 78.7 Å². The van der Waals surface area contributed by atoms with Crippen LogP contribution in [-0.2, 0) is 11.2 Å². The minimum absolute atomic E-state index is 0.0676. The molecule has 6 rings (SSSR count). The van der Waals surface area contributed by atoms with Crippen LogP contribution in [0.4, 0.5) is 0 Å². The number of hydrogen-bond acceptors (Lipinski definition) is 4. The summed E-state index contributed by atoms with van der Waals surface area (Å²) in [7, 11) is 0. The molecule has 4 fully saturated rings. The van der Waals surface area contributed by atoms with Gasteiger partial charge in [0.2, 0.25) is 5.91 Å². The first kappa shape index (κ1) is 23.3. The van der Waals surface area contributed by atoms with Crippen LogP contribution in [0, 0.1) is 29.1 Å². The highest BCUT2D eigenvalue weighted by Crippen LogP contribution is 2.61. The van der Waals surface area contributed by atoms with Gasteiger partial charge in [0.05, 0.1) is 12.1 Å². The lowest BCUT2D eigenvalue weighted by Gasteiger charge is -2.60. The van der Waals surface area contributed by atoms with Gasteiger partial charge in [-0.2, -0.15) is 0 Å². The maximum absolute atomic E-state index is 13.1. The summed E-state index contributed by atoms with van der Waals surface area (Å²) in [6.07, 6.45) is 5.92. The SMILES string of the molecule is CC(C)[C@H]1CN(C(=O)Cc2cn3c(C(=O)NC[C@@H]4CC[C@@H]5C[C@@H]4C5(C)C)cccc3n2)CCN1. The molecule has 2 aromatic rings. The summed E-state index contributed by atoms with van der Waals surface area (Å²) in [4.78, 5) is 32.7. The molecular weight excluding hydrogens is 426 g/mol. The predicted octanol–water partition coefficient (Wildman–Crippen LogP) is 3.14. The van der Waals surface area contributed by atoms with E-state index in [4.69, 9.17) is 0 Å². The fourth-order valence-electron chi connectivity index (χ4n) is 6.57. The van der Waals surface area contributed by atoms with Crippen LogP contribution in [0.1, 0.15) is 63.1 Å². The molecule has 2 aromatic heterocycles. The van der Waals surface area contributed by atoms with Gasteiger partial charge >= 0.3 is 0 Å². The van der Waals surface area contributed by atoms with Crippen LogP contribution in [-0.4, -0.2) is 58.3 Å². The molecule has 7 heteroatoms. The molecule has 1 aliphatic heterocycles. The molecule has 1 saturated heterocycles. The van der Waals surface area contributed by atoms with E-state index < -0.39 is 0 Å². The van der Waals surface area contributed by atoms with Gasteiger partial charge in [-0.3, -0.25) is 14.0 Å². The molecule has 2 N–H and O–H groups in total. The molecule has 3 heterocycles. The van der Waals surface area contributed by atoms with Gasteiger partial charge in [0, 0.05) is 38.4 Å². The molecule has 0 unspecified atom stereocenters. The molecule has 4 atom stereocenters. The molecule has 0 aromatic carbocycles. The van der Waals surface area contributed by atoms with Crippen LogP contribution in [0.25, 0.3) is 5.65 Å². The van der Waals surface area contributed by atoms with E-state index in [9.17, 15) is 9.59 Å². The molecule has 3 saturated carbocycles. The normalized spacial score (nSPS) is 28.1. The van der Waals surface area contributed by atoms with Crippen molar-refractivity contribution in [2.24, 2.45) is 29.1 Å². The minimum Gasteiger partial charge on any atom is -0.350 e. The van der Waals surface area contributed by atoms with Crippen LogP contribution < -0.4 is 10.6 Å². The Bertz CT molecular complexity index is 1070. The van der Waals surface area contributed by atoms with Crippen molar-refractivity contribution in [1.82, 2.24) is 24.9 Å². The van der Waals surface area contributed by atoms with Crippen molar-refractivity contribution in [2.45, 2.75) is 59.4 Å². The monoisotopic (exact) mass is 465 g/mol. The Kier molecular flexibility index (Phi) is 6.17. The zero-order chi connectivity index (χ0) is 24.0. The van der Waals surface area contributed by atoms with Crippen molar-refractivity contribution in [1.29, 1.82) is 0 Å². The molecule has 7 nitrogen and oxygen atoms in total. The summed E-state index contributed by atoms with van der Waals surface area (Å²) in [5.74, 6) is 2.66. The van der Waals surface area contributed by atoms with E-state index in [-0.39, 0.29) is 18.2 Å². The molecule has 2 bridgehead atoms. The third kappa shape index (κ3) is 4.23. The Morgan fingerprint density at radius 1 is 1.26 bits per heavy atom. The van der Waals surface area contributed by atoms with Gasteiger partial charge in [0.1, 0.15) is 11.3 Å². The van der Waals surface area contributed by atoms with Gasteiger partial charge < -0.3 is 15.5 Å². The van der Waals surface area contributed by atoms with Crippen molar-refractivity contribution < 1.29 is 9.59 Å². The summed E-state index contributed by atoms with van der Waals surface area (Å²) in [5.41, 5.74) is 2.40. The van der Waals surface area contributed by atoms with E-state index >= 15 is 0 Å². The number of carbonyl (C=O) groups is 2. The number of nitrogens with zero attached hydrogens (tertiary/aromatic N) is 3. The second-order valence-electron chi connectivity index (χ2n) is 11.6. The Hall–Kier alpha value is -2.41. The van der Waals surface area contributed by atoms with Gasteiger partial charge in [-0.25, -0.2) is 4.98 Å². The van der Waals surface area contributed by atoms with Crippen molar-refractivity contribution >= 4 is 17.5 Å². The van der Waals surface area contributed by atoms with Crippen molar-refractivity contribution in [3.8, 4) is 0 Å². The lowest BCUT2D eigenvalue weighted by atomic mass is 9.45. The average Bonchev–Trinajstić information content (AvgIpc) is 3.25. The molecule has 3 aliphatic carbocycles. The number of carbonyl (C=O) groups excluding carboxylic acids is 2. The van der Waals surface area contributed by atoms with Gasteiger partial charge in [0.25, 0.3) is 5.91 Å². The van der Waals surface area contributed by atoms with E-state index in [1.807, 2.05) is 33.7 Å². The summed E-state index contributed by atoms with van der Waals surface area (Å²) in [6, 6.07) is 5.92. The van der Waals surface area contributed by atoms with Crippen LogP contribution in [0.3, 0.4) is 0 Å². The lowest BCUT2D eigenvalue weighted by Crippen LogP contribution is -2.54. The summed E-state index contributed by atoms with van der Waals surface area (Å²) >= 11 is 0. The fraction of sp³-hybridized carbons (Fsp3) is 0.667. The molecule has 34 heavy (non-hydrogen) atoms. The standard InChI is InChI=1S/C27H39N5O2/c1-17(2)22-16-31(11-10-28-22)25(33)13-20-15-32-23(6-5-7-24(32)30-20)26(34)29-14-18-8-9-19-12-21(18)27(19,3)4/h5-7,15,17-19,21-22,28H,8-14,16H2,1-4H3,(H,29,34)/t18-,19+,21-,22+/m0/s1. The maximum atomic E-state index is 13.1. The first-order valence-electron chi connectivity index (χ1n) is 13.0. The average molecular weight is 466 g/mol. The number of piperazine rings is 1. The number of rotatable bonds is 6. The fourth-order valence-corrected chi connectivity index (χ4v) is 6.57. The highest BCUT2D eigenvalue weighted by molar-refractivity contribution is 5.93. The number of fused-ring (bicyclic) bond motifs is 3. The van der Waals surface area contributed by atoms with Crippen molar-refractivity contribution in [3.05, 3.63) is 35.8 Å². The number of pyridine rings is 1. The van der Waals surface area contributed by atoms with Gasteiger partial charge in [-0.15, -0.1) is 0 Å². The molecular formula is C27H39N5O2. The minimum atomic E-state index is -0.0676. The number of amides is 2. The lowest BCUT2D eigenvalue weighted by molar-refractivity contribution is -0.131. The second-order valence-corrected chi connectivity index (χ2v) is 11.6. The zero-order valence-corrected chi connectivity index (χ0v) is 21.0. The van der Waals surface area contributed by atoms with Crippen LogP contribution in [0.15, 0.2) is 24.4 Å². The molecule has 184 valence electrons. The Morgan fingerprint density at radius 2 is 2.09 bits per heavy atom. The molecule has 2 amide bonds. The highest BCUT2D eigenvalue weighted by atomic mass is 16.2. The second kappa shape index (κ2) is 8.99. The third-order valence-electron chi connectivity index (χ3n) is 9.00. The Balaban J connectivity index is 1.24. The first-order chi connectivity index (χ1) is 16.2. The van der Waals surface area contributed by atoms with Crippen LogP contribution in [0.2, 0.25) is 0 Å². The first-order valence-corrected chi connectivity index (χ1v) is 13.0. The van der Waals surface area contributed by atoms with E-state index in [1.165, 1.54) is 19.3 Å². The third-order valence-corrected chi connectivity index (χ3v) is 9.00. The number of nitrogens with one attached hydrogen (secondary N) is 2. The van der Waals surface area contributed by atoms with E-state index in [2.05, 4.69) is 43.3 Å². The van der Waals surface area contributed by atoms with E-state index in [0.717, 1.165) is 32.1 Å². The summed E-state index contributed by atoms with van der Waals surface area (Å²) < 4.78 is 1.83. The van der Waals surface area contributed by atoms with Crippen LogP contribution >= 0.6 is 0 Å². The van der Waals surface area contributed by atoms with E-state index in [0.29, 0.717) is 46.2 Å². The smallest absolute Gasteiger partial charge is 0.268 e. The summed E-state index contributed by atoms with van der Waals surface area (Å²) in [6.45, 7) is 12.1. The largest absolute Gasteiger partial charge is 0.350 e. The Labute approximate surface area is 202 Å². The van der Waals surface area contributed by atoms with Gasteiger partial charge in [-0.05, 0) is 60.5 Å². The number of aromatic nitrogens is 2. The molecule has 0 radical (unpaired) electrons. The highest BCUT2D eigenvalue weighted by Gasteiger charge is 2.53. The quantitative estimate of drug-likeness (QED) is 0.687. The molecule has 0 spiro atoms. The van der Waals surface area contributed by atoms with Crippen LogP contribution in [0.5, 0.6) is 0 Å². The van der Waals surface area contributed by atoms with Crippen molar-refractivity contribution in [2.75, 3.05) is 26.2 Å². The Morgan fingerprint density at radius 3 is 2.82 bits per heavy atom. The maximum Gasteiger partial charge on any atom is 0.268 e. The van der Waals surface area contributed by atoms with E-state index in [1.54, 1.807) is 0 Å². The number of hydrogen-bond donors (Lipinski definition) is 2. The predicted molar refractivity (Wildman–Crippen MR) is 133 cm³/mol. The van der Waals surface area contributed by atoms with Gasteiger partial charge in [0.15, 0.2) is 0 Å². The number of imidazole rings is 1. The van der Waals surface area contributed by atoms with Crippen molar-refractivity contribution in [3.63, 3.8) is 0 Å². The zero-order valence-electron chi connectivity index (χ0n) is 21.0. The van der Waals surface area contributed by atoms with Gasteiger partial charge in [-0.1, -0.05) is 33.8 Å². The summed E-state index contributed by atoms with van der Waals surface area (Å²) in [5, 5.41) is 6.70.